The number of carbonyl (C=O) groups excluding carboxylic acids is 3. The zero-order valence-electron chi connectivity index (χ0n) is 18.5. The third-order valence-electron chi connectivity index (χ3n) is 6.04. The summed E-state index contributed by atoms with van der Waals surface area (Å²) in [6.45, 7) is 1.06. The maximum absolute atomic E-state index is 13.3. The van der Waals surface area contributed by atoms with Crippen molar-refractivity contribution in [3.05, 3.63) is 53.8 Å². The van der Waals surface area contributed by atoms with E-state index in [0.717, 1.165) is 30.6 Å². The monoisotopic (exact) mass is 455 g/mol. The molecule has 2 aromatic rings. The zero-order chi connectivity index (χ0) is 23.6. The second kappa shape index (κ2) is 9.09. The van der Waals surface area contributed by atoms with E-state index in [1.54, 1.807) is 25.3 Å². The van der Waals surface area contributed by atoms with Gasteiger partial charge in [0.2, 0.25) is 5.91 Å². The van der Waals surface area contributed by atoms with Crippen LogP contribution < -0.4 is 20.1 Å². The van der Waals surface area contributed by atoms with Gasteiger partial charge in [0, 0.05) is 11.8 Å². The average molecular weight is 455 g/mol. The lowest BCUT2D eigenvalue weighted by atomic mass is 9.92. The molecule has 2 N–H and O–H groups in total. The van der Waals surface area contributed by atoms with Crippen molar-refractivity contribution >= 4 is 23.5 Å². The van der Waals surface area contributed by atoms with Crippen LogP contribution in [0.25, 0.3) is 0 Å². The summed E-state index contributed by atoms with van der Waals surface area (Å²) in [5.74, 6) is -0.496. The lowest BCUT2D eigenvalue weighted by Crippen LogP contribution is -2.42. The highest BCUT2D eigenvalue weighted by molar-refractivity contribution is 6.10. The minimum absolute atomic E-state index is 0.111. The second-order valence-corrected chi connectivity index (χ2v) is 8.39. The first-order chi connectivity index (χ1) is 15.8. The Morgan fingerprint density at radius 3 is 2.52 bits per heavy atom. The molecule has 1 aliphatic carbocycles. The Morgan fingerprint density at radius 2 is 1.85 bits per heavy atom. The van der Waals surface area contributed by atoms with Gasteiger partial charge in [-0.2, -0.15) is 0 Å². The molecule has 1 saturated heterocycles. The van der Waals surface area contributed by atoms with E-state index in [1.165, 1.54) is 31.2 Å². The molecule has 1 saturated carbocycles. The van der Waals surface area contributed by atoms with Gasteiger partial charge in [0.1, 0.15) is 17.9 Å². The van der Waals surface area contributed by atoms with Crippen LogP contribution in [-0.2, 0) is 15.1 Å². The molecule has 0 spiro atoms. The van der Waals surface area contributed by atoms with Crippen LogP contribution in [-0.4, -0.2) is 42.5 Å². The van der Waals surface area contributed by atoms with Gasteiger partial charge < -0.3 is 20.1 Å². The van der Waals surface area contributed by atoms with Gasteiger partial charge in [0.15, 0.2) is 11.5 Å². The van der Waals surface area contributed by atoms with Gasteiger partial charge in [0.25, 0.3) is 5.91 Å². The van der Waals surface area contributed by atoms with Crippen molar-refractivity contribution in [1.29, 1.82) is 0 Å². The summed E-state index contributed by atoms with van der Waals surface area (Å²) in [6.07, 6.45) is 4.29. The first-order valence-electron chi connectivity index (χ1n) is 10.8. The summed E-state index contributed by atoms with van der Waals surface area (Å²) in [4.78, 5) is 38.9. The molecule has 0 radical (unpaired) electrons. The second-order valence-electron chi connectivity index (χ2n) is 8.39. The summed E-state index contributed by atoms with van der Waals surface area (Å²) in [6, 6.07) is 9.62. The smallest absolute Gasteiger partial charge is 0.325 e. The Hall–Kier alpha value is -3.62. The maximum Gasteiger partial charge on any atom is 0.325 e. The van der Waals surface area contributed by atoms with Crippen LogP contribution in [0.2, 0.25) is 0 Å². The molecule has 1 atom stereocenters. The number of halogens is 1. The third-order valence-corrected chi connectivity index (χ3v) is 6.04. The van der Waals surface area contributed by atoms with E-state index in [4.69, 9.17) is 9.47 Å². The van der Waals surface area contributed by atoms with Crippen molar-refractivity contribution < 1.29 is 28.2 Å². The number of hydrogen-bond acceptors (Lipinski definition) is 5. The number of benzene rings is 2. The number of carbonyl (C=O) groups is 3. The Morgan fingerprint density at radius 1 is 1.15 bits per heavy atom. The largest absolute Gasteiger partial charge is 0.493 e. The first-order valence-corrected chi connectivity index (χ1v) is 10.8. The predicted molar refractivity (Wildman–Crippen MR) is 119 cm³/mol. The highest BCUT2D eigenvalue weighted by Crippen LogP contribution is 2.34. The van der Waals surface area contributed by atoms with E-state index in [0.29, 0.717) is 22.7 Å². The van der Waals surface area contributed by atoms with E-state index < -0.39 is 35.7 Å². The number of imide groups is 1. The summed E-state index contributed by atoms with van der Waals surface area (Å²) in [7, 11) is 1.55. The van der Waals surface area contributed by atoms with Crippen LogP contribution >= 0.6 is 0 Å². The first kappa shape index (κ1) is 22.6. The fourth-order valence-electron chi connectivity index (χ4n) is 4.20. The van der Waals surface area contributed by atoms with Crippen LogP contribution in [0, 0.1) is 5.82 Å². The minimum Gasteiger partial charge on any atom is -0.493 e. The fourth-order valence-corrected chi connectivity index (χ4v) is 4.20. The van der Waals surface area contributed by atoms with Crippen molar-refractivity contribution in [3.8, 4) is 11.5 Å². The van der Waals surface area contributed by atoms with Crippen molar-refractivity contribution in [2.24, 2.45) is 0 Å². The van der Waals surface area contributed by atoms with Gasteiger partial charge in [0.05, 0.1) is 13.2 Å². The summed E-state index contributed by atoms with van der Waals surface area (Å²) in [5.41, 5.74) is -0.496. The SMILES string of the molecule is COc1ccc(NC(=O)CN2C(=O)NC(C)(c3ccc(F)cc3)C2=O)cc1OC1CCCC1. The molecule has 2 aromatic carbocycles. The molecule has 4 rings (SSSR count). The van der Waals surface area contributed by atoms with Gasteiger partial charge in [-0.05, 0) is 62.4 Å². The third kappa shape index (κ3) is 4.62. The fraction of sp³-hybridized carbons (Fsp3) is 0.375. The maximum atomic E-state index is 13.3. The summed E-state index contributed by atoms with van der Waals surface area (Å²) >= 11 is 0. The molecule has 1 heterocycles. The molecule has 2 fully saturated rings. The van der Waals surface area contributed by atoms with Gasteiger partial charge in [-0.1, -0.05) is 12.1 Å². The Balaban J connectivity index is 1.44. The highest BCUT2D eigenvalue weighted by Gasteiger charge is 2.49. The van der Waals surface area contributed by atoms with Crippen LogP contribution in [0.5, 0.6) is 11.5 Å². The molecule has 174 valence electrons. The summed E-state index contributed by atoms with van der Waals surface area (Å²) < 4.78 is 24.7. The van der Waals surface area contributed by atoms with E-state index in [9.17, 15) is 18.8 Å². The number of ether oxygens (including phenoxy) is 2. The Kier molecular flexibility index (Phi) is 6.22. The molecule has 1 unspecified atom stereocenters. The number of nitrogens with one attached hydrogen (secondary N) is 2. The van der Waals surface area contributed by atoms with E-state index in [1.807, 2.05) is 0 Å². The minimum atomic E-state index is -1.38. The highest BCUT2D eigenvalue weighted by atomic mass is 19.1. The number of methoxy groups -OCH3 is 1. The molecule has 33 heavy (non-hydrogen) atoms. The van der Waals surface area contributed by atoms with Gasteiger partial charge in [-0.25, -0.2) is 9.18 Å². The average Bonchev–Trinajstić information content (AvgIpc) is 3.37. The van der Waals surface area contributed by atoms with E-state index in [-0.39, 0.29) is 6.10 Å². The quantitative estimate of drug-likeness (QED) is 0.623. The van der Waals surface area contributed by atoms with Gasteiger partial charge in [-0.3, -0.25) is 14.5 Å². The van der Waals surface area contributed by atoms with Crippen LogP contribution in [0.3, 0.4) is 0 Å². The molecule has 8 nitrogen and oxygen atoms in total. The Bertz CT molecular complexity index is 1070. The van der Waals surface area contributed by atoms with Crippen LogP contribution in [0.1, 0.15) is 38.2 Å². The van der Waals surface area contributed by atoms with Crippen molar-refractivity contribution in [2.45, 2.75) is 44.2 Å². The van der Waals surface area contributed by atoms with Gasteiger partial charge >= 0.3 is 6.03 Å². The molecular weight excluding hydrogens is 429 g/mol. The van der Waals surface area contributed by atoms with Gasteiger partial charge in [-0.15, -0.1) is 0 Å². The molecular formula is C24H26FN3O5. The van der Waals surface area contributed by atoms with Crippen LogP contribution in [0.4, 0.5) is 14.9 Å². The number of hydrogen-bond donors (Lipinski definition) is 2. The van der Waals surface area contributed by atoms with Crippen molar-refractivity contribution in [3.63, 3.8) is 0 Å². The van der Waals surface area contributed by atoms with Crippen LogP contribution in [0.15, 0.2) is 42.5 Å². The normalized spacial score (nSPS) is 20.6. The number of anilines is 1. The lowest BCUT2D eigenvalue weighted by Gasteiger charge is -2.22. The van der Waals surface area contributed by atoms with Crippen molar-refractivity contribution in [1.82, 2.24) is 10.2 Å². The molecule has 0 aromatic heterocycles. The number of nitrogens with zero attached hydrogens (tertiary/aromatic N) is 1. The van der Waals surface area contributed by atoms with E-state index >= 15 is 0 Å². The molecule has 4 amide bonds. The van der Waals surface area contributed by atoms with E-state index in [2.05, 4.69) is 10.6 Å². The van der Waals surface area contributed by atoms with Crippen molar-refractivity contribution in [2.75, 3.05) is 19.0 Å². The molecule has 0 bridgehead atoms. The molecule has 1 aliphatic heterocycles. The molecule has 9 heteroatoms. The number of amides is 4. The number of rotatable bonds is 7. The topological polar surface area (TPSA) is 97.0 Å². The lowest BCUT2D eigenvalue weighted by molar-refractivity contribution is -0.133. The standard InChI is InChI=1S/C24H26FN3O5/c1-24(15-7-9-16(25)10-8-15)22(30)28(23(31)27-24)14-21(29)26-17-11-12-19(32-2)20(13-17)33-18-5-3-4-6-18/h7-13,18H,3-6,14H2,1-2H3,(H,26,29)(H,27,31). The predicted octanol–water partition coefficient (Wildman–Crippen LogP) is 3.56. The summed E-state index contributed by atoms with van der Waals surface area (Å²) in [5, 5.41) is 5.30. The molecule has 2 aliphatic rings. The zero-order valence-corrected chi connectivity index (χ0v) is 18.5. The number of urea groups is 1. The Labute approximate surface area is 191 Å².